The number of hydrogen-bond acceptors (Lipinski definition) is 6. The van der Waals surface area contributed by atoms with Gasteiger partial charge in [0.1, 0.15) is 17.0 Å². The maximum absolute atomic E-state index is 5.19. The molecule has 0 saturated heterocycles. The van der Waals surface area contributed by atoms with E-state index >= 15 is 0 Å². The maximum Gasteiger partial charge on any atom is 0.183 e. The first-order chi connectivity index (χ1) is 27.3. The van der Waals surface area contributed by atoms with Crippen LogP contribution in [0, 0.1) is 0 Å². The van der Waals surface area contributed by atoms with Crippen LogP contribution in [-0.4, -0.2) is 34.3 Å². The van der Waals surface area contributed by atoms with Crippen LogP contribution in [0.25, 0.3) is 106 Å². The standard InChI is InChI=1S/C48H29N7/c1-2-14-30(15-3-1)42-45(55-29-13-12-24-41(55)51-42)31-25-27-32(28-26-31)46-52-47(43-37-20-6-4-16-33(37)35-18-8-10-22-39(35)49-43)54-48(53-46)44-38-21-7-5-17-34(38)36-19-9-11-23-40(36)50-44/h1-29H. The normalized spacial score (nSPS) is 11.6. The van der Waals surface area contributed by atoms with Gasteiger partial charge in [0.15, 0.2) is 17.5 Å². The Morgan fingerprint density at radius 3 is 1.36 bits per heavy atom. The molecule has 11 aromatic rings. The molecule has 0 N–H and O–H groups in total. The lowest BCUT2D eigenvalue weighted by Gasteiger charge is -2.13. The Hall–Kier alpha value is -7.64. The van der Waals surface area contributed by atoms with Crippen molar-refractivity contribution in [3.63, 3.8) is 0 Å². The van der Waals surface area contributed by atoms with Gasteiger partial charge in [-0.15, -0.1) is 0 Å². The number of nitrogens with zero attached hydrogens (tertiary/aromatic N) is 7. The topological polar surface area (TPSA) is 81.8 Å². The number of rotatable bonds is 5. The summed E-state index contributed by atoms with van der Waals surface area (Å²) < 4.78 is 2.14. The summed E-state index contributed by atoms with van der Waals surface area (Å²) in [5.74, 6) is 1.50. The minimum absolute atomic E-state index is 0.484. The lowest BCUT2D eigenvalue weighted by atomic mass is 10.0. The Labute approximate surface area is 315 Å². The molecule has 5 aromatic heterocycles. The molecule has 0 spiro atoms. The van der Waals surface area contributed by atoms with Gasteiger partial charge in [-0.05, 0) is 35.0 Å². The second-order valence-corrected chi connectivity index (χ2v) is 13.5. The first-order valence-electron chi connectivity index (χ1n) is 18.2. The molecule has 0 bridgehead atoms. The van der Waals surface area contributed by atoms with Crippen LogP contribution in [0.15, 0.2) is 176 Å². The molecule has 0 aliphatic rings. The van der Waals surface area contributed by atoms with Crippen LogP contribution in [0.5, 0.6) is 0 Å². The summed E-state index contributed by atoms with van der Waals surface area (Å²) in [6.45, 7) is 0. The van der Waals surface area contributed by atoms with Crippen LogP contribution in [0.1, 0.15) is 0 Å². The van der Waals surface area contributed by atoms with Crippen molar-refractivity contribution in [2.75, 3.05) is 0 Å². The molecule has 0 aliphatic carbocycles. The number of benzene rings is 6. The third-order valence-electron chi connectivity index (χ3n) is 10.3. The fraction of sp³-hybridized carbons (Fsp3) is 0. The SMILES string of the molecule is c1ccc(-c2nc3ccccn3c2-c2ccc(-c3nc(-c4nc5ccccc5c5ccccc45)nc(-c4nc5ccccc5c5ccccc45)n3)cc2)cc1. The molecule has 0 saturated carbocycles. The van der Waals surface area contributed by atoms with Gasteiger partial charge in [0.05, 0.1) is 22.4 Å². The molecule has 55 heavy (non-hydrogen) atoms. The van der Waals surface area contributed by atoms with Gasteiger partial charge in [0, 0.05) is 44.4 Å². The molecule has 7 heteroatoms. The highest BCUT2D eigenvalue weighted by molar-refractivity contribution is 6.11. The molecular weight excluding hydrogens is 675 g/mol. The summed E-state index contributed by atoms with van der Waals surface area (Å²) in [6.07, 6.45) is 2.06. The molecule has 0 amide bonds. The Morgan fingerprint density at radius 2 is 0.764 bits per heavy atom. The monoisotopic (exact) mass is 703 g/mol. The van der Waals surface area contributed by atoms with Gasteiger partial charge in [-0.2, -0.15) is 0 Å². The van der Waals surface area contributed by atoms with Gasteiger partial charge in [0.25, 0.3) is 0 Å². The molecule has 0 unspecified atom stereocenters. The number of imidazole rings is 1. The average Bonchev–Trinajstić information content (AvgIpc) is 3.66. The number of para-hydroxylation sites is 2. The minimum Gasteiger partial charge on any atom is -0.299 e. The van der Waals surface area contributed by atoms with Gasteiger partial charge in [-0.1, -0.05) is 146 Å². The van der Waals surface area contributed by atoms with E-state index in [2.05, 4.69) is 95.5 Å². The summed E-state index contributed by atoms with van der Waals surface area (Å²) in [5.41, 5.74) is 8.90. The first kappa shape index (κ1) is 30.9. The van der Waals surface area contributed by atoms with E-state index in [9.17, 15) is 0 Å². The van der Waals surface area contributed by atoms with E-state index in [4.69, 9.17) is 29.9 Å². The van der Waals surface area contributed by atoms with E-state index in [1.165, 1.54) is 0 Å². The van der Waals surface area contributed by atoms with Crippen molar-refractivity contribution in [3.05, 3.63) is 176 Å². The molecular formula is C48H29N7. The number of fused-ring (bicyclic) bond motifs is 7. The van der Waals surface area contributed by atoms with Gasteiger partial charge in [-0.3, -0.25) is 4.40 Å². The van der Waals surface area contributed by atoms with Crippen LogP contribution < -0.4 is 0 Å². The number of pyridine rings is 3. The van der Waals surface area contributed by atoms with Crippen LogP contribution >= 0.6 is 0 Å². The van der Waals surface area contributed by atoms with E-state index in [1.54, 1.807) is 0 Å². The van der Waals surface area contributed by atoms with Gasteiger partial charge < -0.3 is 0 Å². The van der Waals surface area contributed by atoms with Gasteiger partial charge in [-0.25, -0.2) is 29.9 Å². The van der Waals surface area contributed by atoms with E-state index in [0.29, 0.717) is 28.9 Å². The van der Waals surface area contributed by atoms with Crippen molar-refractivity contribution < 1.29 is 0 Å². The van der Waals surface area contributed by atoms with Crippen molar-refractivity contribution in [1.82, 2.24) is 34.3 Å². The van der Waals surface area contributed by atoms with Crippen LogP contribution in [0.2, 0.25) is 0 Å². The molecule has 0 fully saturated rings. The van der Waals surface area contributed by atoms with E-state index in [-0.39, 0.29) is 0 Å². The molecule has 0 radical (unpaired) electrons. The van der Waals surface area contributed by atoms with Crippen molar-refractivity contribution in [2.45, 2.75) is 0 Å². The smallest absolute Gasteiger partial charge is 0.183 e. The minimum atomic E-state index is 0.484. The van der Waals surface area contributed by atoms with E-state index in [0.717, 1.165) is 77.1 Å². The molecule has 0 atom stereocenters. The highest BCUT2D eigenvalue weighted by Crippen LogP contribution is 2.37. The zero-order valence-electron chi connectivity index (χ0n) is 29.4. The molecule has 7 nitrogen and oxygen atoms in total. The number of aromatic nitrogens is 7. The largest absolute Gasteiger partial charge is 0.299 e. The highest BCUT2D eigenvalue weighted by atomic mass is 15.1. The Balaban J connectivity index is 1.14. The third-order valence-corrected chi connectivity index (χ3v) is 10.3. The molecule has 6 aromatic carbocycles. The molecule has 11 rings (SSSR count). The molecule has 5 heterocycles. The van der Waals surface area contributed by atoms with Crippen molar-refractivity contribution in [3.8, 4) is 56.9 Å². The average molecular weight is 704 g/mol. The lowest BCUT2D eigenvalue weighted by Crippen LogP contribution is -2.03. The van der Waals surface area contributed by atoms with E-state index in [1.807, 2.05) is 84.9 Å². The lowest BCUT2D eigenvalue weighted by molar-refractivity contribution is 1.06. The Kier molecular flexibility index (Phi) is 7.03. The van der Waals surface area contributed by atoms with Crippen LogP contribution in [0.3, 0.4) is 0 Å². The summed E-state index contributed by atoms with van der Waals surface area (Å²) in [5, 5.41) is 6.28. The Morgan fingerprint density at radius 1 is 0.291 bits per heavy atom. The third kappa shape index (κ3) is 5.13. The zero-order valence-corrected chi connectivity index (χ0v) is 29.4. The van der Waals surface area contributed by atoms with Crippen LogP contribution in [-0.2, 0) is 0 Å². The quantitative estimate of drug-likeness (QED) is 0.166. The van der Waals surface area contributed by atoms with Crippen molar-refractivity contribution in [2.24, 2.45) is 0 Å². The predicted octanol–water partition coefficient (Wildman–Crippen LogP) is 11.3. The fourth-order valence-corrected chi connectivity index (χ4v) is 7.71. The van der Waals surface area contributed by atoms with Crippen molar-refractivity contribution in [1.29, 1.82) is 0 Å². The summed E-state index contributed by atoms with van der Waals surface area (Å²) in [7, 11) is 0. The van der Waals surface area contributed by atoms with Gasteiger partial charge in [0.2, 0.25) is 0 Å². The maximum atomic E-state index is 5.19. The summed E-state index contributed by atoms with van der Waals surface area (Å²) >= 11 is 0. The second-order valence-electron chi connectivity index (χ2n) is 13.5. The first-order valence-corrected chi connectivity index (χ1v) is 18.2. The zero-order chi connectivity index (χ0) is 36.3. The predicted molar refractivity (Wildman–Crippen MR) is 221 cm³/mol. The molecule has 256 valence electrons. The van der Waals surface area contributed by atoms with Crippen molar-refractivity contribution >= 4 is 49.0 Å². The second kappa shape index (κ2) is 12.5. The summed E-state index contributed by atoms with van der Waals surface area (Å²) in [4.78, 5) is 31.0. The summed E-state index contributed by atoms with van der Waals surface area (Å²) in [6, 6.07) is 57.8. The van der Waals surface area contributed by atoms with Crippen LogP contribution in [0.4, 0.5) is 0 Å². The highest BCUT2D eigenvalue weighted by Gasteiger charge is 2.21. The van der Waals surface area contributed by atoms with Gasteiger partial charge >= 0.3 is 0 Å². The fourth-order valence-electron chi connectivity index (χ4n) is 7.71. The number of hydrogen-bond donors (Lipinski definition) is 0. The Bertz CT molecular complexity index is 3130. The molecule has 0 aliphatic heterocycles. The van der Waals surface area contributed by atoms with E-state index < -0.39 is 0 Å².